The van der Waals surface area contributed by atoms with E-state index < -0.39 is 50.6 Å². The van der Waals surface area contributed by atoms with Crippen molar-refractivity contribution in [1.82, 2.24) is 0 Å². The van der Waals surface area contributed by atoms with Crippen molar-refractivity contribution in [3.8, 4) is 26.6 Å². The number of ether oxygens (including phenoxy) is 9. The van der Waals surface area contributed by atoms with Gasteiger partial charge < -0.3 is 42.6 Å². The molecule has 2 aromatic heterocycles. The third kappa shape index (κ3) is 15.4. The van der Waals surface area contributed by atoms with Crippen LogP contribution in [-0.2, 0) is 37.9 Å². The number of aryl methyl sites for hydroxylation is 2. The molecule has 2 aromatic carbocycles. The number of methoxy groups -OCH3 is 2. The highest BCUT2D eigenvalue weighted by Gasteiger charge is 2.80. The Kier molecular flexibility index (Phi) is 22.9. The first-order valence-corrected chi connectivity index (χ1v) is 25.3. The highest BCUT2D eigenvalue weighted by molar-refractivity contribution is 7.18. The second-order valence-electron chi connectivity index (χ2n) is 16.7. The Balaban J connectivity index is 1.42. The van der Waals surface area contributed by atoms with Crippen molar-refractivity contribution in [3.63, 3.8) is 0 Å². The van der Waals surface area contributed by atoms with Gasteiger partial charge in [-0.25, -0.2) is 9.59 Å². The van der Waals surface area contributed by atoms with Crippen LogP contribution in [0.4, 0.5) is 26.3 Å². The van der Waals surface area contributed by atoms with E-state index >= 15 is 26.3 Å². The van der Waals surface area contributed by atoms with Crippen LogP contribution in [0.3, 0.4) is 0 Å². The molecular formula is C52H64F6O11S2. The molecule has 0 aliphatic heterocycles. The highest BCUT2D eigenvalue weighted by Crippen LogP contribution is 2.66. The topological polar surface area (TPSA) is 117 Å². The van der Waals surface area contributed by atoms with E-state index in [-0.39, 0.29) is 85.5 Å². The van der Waals surface area contributed by atoms with Crippen LogP contribution in [0.25, 0.3) is 32.0 Å². The Morgan fingerprint density at radius 2 is 0.901 bits per heavy atom. The maximum absolute atomic E-state index is 16.2. The van der Waals surface area contributed by atoms with Crippen molar-refractivity contribution >= 4 is 45.8 Å². The van der Waals surface area contributed by atoms with Crippen molar-refractivity contribution in [2.45, 2.75) is 83.5 Å². The van der Waals surface area contributed by atoms with Gasteiger partial charge in [-0.2, -0.15) is 26.3 Å². The van der Waals surface area contributed by atoms with Crippen molar-refractivity contribution in [3.05, 3.63) is 86.6 Å². The third-order valence-corrected chi connectivity index (χ3v) is 13.9. The van der Waals surface area contributed by atoms with Crippen LogP contribution < -0.4 is 4.74 Å². The van der Waals surface area contributed by atoms with E-state index in [0.717, 1.165) is 19.3 Å². The van der Waals surface area contributed by atoms with Crippen molar-refractivity contribution in [2.75, 3.05) is 100 Å². The Bertz CT molecular complexity index is 2280. The summed E-state index contributed by atoms with van der Waals surface area (Å²) in [4.78, 5) is 26.4. The zero-order valence-electron chi connectivity index (χ0n) is 40.9. The minimum Gasteiger partial charge on any atom is -0.494 e. The Morgan fingerprint density at radius 3 is 1.35 bits per heavy atom. The van der Waals surface area contributed by atoms with Gasteiger partial charge in [-0.3, -0.25) is 0 Å². The number of unbranched alkanes of at least 4 members (excludes halogenated alkanes) is 6. The molecule has 0 bridgehead atoms. The van der Waals surface area contributed by atoms with Crippen molar-refractivity contribution in [2.24, 2.45) is 0 Å². The zero-order valence-corrected chi connectivity index (χ0v) is 42.5. The second-order valence-corrected chi connectivity index (χ2v) is 18.8. The molecule has 0 saturated heterocycles. The largest absolute Gasteiger partial charge is 0.494 e. The van der Waals surface area contributed by atoms with Gasteiger partial charge in [0, 0.05) is 33.7 Å². The highest BCUT2D eigenvalue weighted by atomic mass is 32.1. The average molecular weight is 1040 g/mol. The maximum atomic E-state index is 16.2. The molecule has 71 heavy (non-hydrogen) atoms. The lowest BCUT2D eigenvalue weighted by Gasteiger charge is -2.25. The molecule has 0 N–H and O–H groups in total. The summed E-state index contributed by atoms with van der Waals surface area (Å²) in [6, 6.07) is 13.6. The van der Waals surface area contributed by atoms with Crippen LogP contribution in [0.1, 0.15) is 93.5 Å². The Labute approximate surface area is 419 Å². The second kappa shape index (κ2) is 28.2. The molecule has 0 saturated carbocycles. The molecule has 4 aromatic rings. The van der Waals surface area contributed by atoms with E-state index in [0.29, 0.717) is 71.9 Å². The molecule has 0 fully saturated rings. The van der Waals surface area contributed by atoms with Gasteiger partial charge in [-0.15, -0.1) is 22.7 Å². The summed E-state index contributed by atoms with van der Waals surface area (Å²) in [5.74, 6) is -17.6. The number of carbonyl (C=O) groups is 2. The third-order valence-electron chi connectivity index (χ3n) is 11.3. The number of alkyl halides is 6. The quantitative estimate of drug-likeness (QED) is 0.0258. The number of rotatable bonds is 33. The number of esters is 2. The number of thiophene rings is 2. The predicted octanol–water partition coefficient (Wildman–Crippen LogP) is 12.4. The molecule has 2 heterocycles. The van der Waals surface area contributed by atoms with E-state index in [1.807, 2.05) is 0 Å². The van der Waals surface area contributed by atoms with E-state index in [1.165, 1.54) is 69.9 Å². The fraction of sp³-hybridized carbons (Fsp3) is 0.538. The first kappa shape index (κ1) is 57.6. The van der Waals surface area contributed by atoms with Crippen molar-refractivity contribution in [1.29, 1.82) is 0 Å². The van der Waals surface area contributed by atoms with Crippen LogP contribution >= 0.6 is 22.7 Å². The van der Waals surface area contributed by atoms with Gasteiger partial charge in [0.1, 0.15) is 19.0 Å². The number of benzene rings is 2. The van der Waals surface area contributed by atoms with Crippen LogP contribution in [0.5, 0.6) is 5.75 Å². The SMILES string of the molecule is CCCCCCCCCOc1ccc(-c2cc(C)c(C3=C(c4sc(-c5cc(C(=O)OCCOCCOCCOC)cc(C(=O)OCCOCCOCCOC)c5)cc4C)C(F)(F)C(F)(F)C3(F)F)s2)cc1. The summed E-state index contributed by atoms with van der Waals surface area (Å²) >= 11 is 1.26. The van der Waals surface area contributed by atoms with Crippen LogP contribution in [0.15, 0.2) is 54.6 Å². The number of hydrogen-bond donors (Lipinski definition) is 0. The summed E-state index contributed by atoms with van der Waals surface area (Å²) in [6.45, 7) is 7.63. The molecule has 5 rings (SSSR count). The van der Waals surface area contributed by atoms with Gasteiger partial charge in [0.15, 0.2) is 0 Å². The number of carbonyl (C=O) groups excluding carboxylic acids is 2. The van der Waals surface area contributed by atoms with Gasteiger partial charge >= 0.3 is 29.7 Å². The normalized spacial score (nSPS) is 14.9. The number of halogens is 6. The molecule has 0 unspecified atom stereocenters. The molecule has 11 nitrogen and oxygen atoms in total. The van der Waals surface area contributed by atoms with E-state index in [9.17, 15) is 9.59 Å². The van der Waals surface area contributed by atoms with Crippen molar-refractivity contribution < 1.29 is 78.6 Å². The molecule has 1 aliphatic carbocycles. The lowest BCUT2D eigenvalue weighted by Crippen LogP contribution is -2.48. The van der Waals surface area contributed by atoms with Gasteiger partial charge in [0.25, 0.3) is 0 Å². The summed E-state index contributed by atoms with van der Waals surface area (Å²) in [7, 11) is 3.09. The lowest BCUT2D eigenvalue weighted by atomic mass is 10.00. The minimum absolute atomic E-state index is 0.00560. The Morgan fingerprint density at radius 1 is 0.493 bits per heavy atom. The predicted molar refractivity (Wildman–Crippen MR) is 262 cm³/mol. The maximum Gasteiger partial charge on any atom is 0.380 e. The van der Waals surface area contributed by atoms with Gasteiger partial charge in [0.05, 0.1) is 94.9 Å². The van der Waals surface area contributed by atoms with Crippen LogP contribution in [0, 0.1) is 13.8 Å². The molecule has 19 heteroatoms. The van der Waals surface area contributed by atoms with Crippen LogP contribution in [-0.4, -0.2) is 130 Å². The molecule has 0 spiro atoms. The average Bonchev–Trinajstić information content (AvgIpc) is 3.96. The minimum atomic E-state index is -5.80. The van der Waals surface area contributed by atoms with E-state index in [2.05, 4.69) is 6.92 Å². The molecule has 392 valence electrons. The van der Waals surface area contributed by atoms with Gasteiger partial charge in [-0.05, 0) is 97.1 Å². The van der Waals surface area contributed by atoms with E-state index in [4.69, 9.17) is 42.6 Å². The molecule has 0 radical (unpaired) electrons. The molecular weight excluding hydrogens is 979 g/mol. The molecule has 0 atom stereocenters. The fourth-order valence-corrected chi connectivity index (χ4v) is 10.0. The smallest absolute Gasteiger partial charge is 0.380 e. The van der Waals surface area contributed by atoms with E-state index in [1.54, 1.807) is 38.5 Å². The lowest BCUT2D eigenvalue weighted by molar-refractivity contribution is -0.254. The van der Waals surface area contributed by atoms with Gasteiger partial charge in [0.2, 0.25) is 0 Å². The molecule has 0 amide bonds. The number of hydrogen-bond acceptors (Lipinski definition) is 13. The first-order valence-electron chi connectivity index (χ1n) is 23.7. The zero-order chi connectivity index (χ0) is 51.4. The Hall–Kier alpha value is -4.34. The fourth-order valence-electron chi connectivity index (χ4n) is 7.53. The summed E-state index contributed by atoms with van der Waals surface area (Å²) < 4.78 is 144. The monoisotopic (exact) mass is 1040 g/mol. The summed E-state index contributed by atoms with van der Waals surface area (Å²) in [6.07, 6.45) is 7.87. The summed E-state index contributed by atoms with van der Waals surface area (Å²) in [5.41, 5.74) is -2.51. The number of allylic oxidation sites excluding steroid dienone is 2. The first-order chi connectivity index (χ1) is 34.1. The summed E-state index contributed by atoms with van der Waals surface area (Å²) in [5, 5.41) is 0. The molecule has 1 aliphatic rings. The van der Waals surface area contributed by atoms with Gasteiger partial charge in [-0.1, -0.05) is 45.4 Å². The standard InChI is InChI=1S/C52H64F6O11S2/c1-6-7-8-9-10-11-12-17-67-41-15-13-37(14-16-41)42-30-35(2)46(70-42)44-45(51(55,56)52(57,58)50(44,53)54)47-36(3)31-43(71-47)38-32-39(48(59)68-28-26-65-24-22-63-20-18-61-4)34-40(33-38)49(60)69-29-27-66-25-23-64-21-19-62-5/h13-16,30-34H,6-12,17-29H2,1-5H3. The van der Waals surface area contributed by atoms with Crippen LogP contribution in [0.2, 0.25) is 0 Å².